The first kappa shape index (κ1) is 19.0. The number of aliphatic imine (C=N–C) groups is 1. The average Bonchev–Trinajstić information content (AvgIpc) is 2.47. The van der Waals surface area contributed by atoms with Gasteiger partial charge in [-0.1, -0.05) is 25.1 Å². The number of hydrogen-bond acceptors (Lipinski definition) is 2. The lowest BCUT2D eigenvalue weighted by Gasteiger charge is -2.19. The van der Waals surface area contributed by atoms with Crippen LogP contribution < -0.4 is 15.5 Å². The SMILES string of the molecule is CCCNC(=NC)NCCCN(C)c1ccccc1.I. The third-order valence-electron chi connectivity index (χ3n) is 2.93. The lowest BCUT2D eigenvalue weighted by molar-refractivity contribution is 0.724. The second-order valence-corrected chi connectivity index (χ2v) is 4.54. The van der Waals surface area contributed by atoms with Crippen molar-refractivity contribution in [1.82, 2.24) is 10.6 Å². The normalized spacial score (nSPS) is 10.7. The van der Waals surface area contributed by atoms with Crippen LogP contribution in [-0.4, -0.2) is 39.7 Å². The molecule has 0 atom stereocenters. The van der Waals surface area contributed by atoms with Crippen LogP contribution in [0.25, 0.3) is 0 Å². The second kappa shape index (κ2) is 11.8. The van der Waals surface area contributed by atoms with Crippen molar-refractivity contribution >= 4 is 35.6 Å². The molecule has 0 saturated carbocycles. The van der Waals surface area contributed by atoms with E-state index in [-0.39, 0.29) is 24.0 Å². The van der Waals surface area contributed by atoms with Crippen molar-refractivity contribution in [3.8, 4) is 0 Å². The van der Waals surface area contributed by atoms with Crippen LogP contribution in [0.4, 0.5) is 5.69 Å². The molecule has 1 aromatic carbocycles. The van der Waals surface area contributed by atoms with E-state index in [1.54, 1.807) is 7.05 Å². The molecule has 0 radical (unpaired) electrons. The molecule has 0 amide bonds. The Balaban J connectivity index is 0.00000361. The summed E-state index contributed by atoms with van der Waals surface area (Å²) in [4.78, 5) is 6.45. The molecule has 0 saturated heterocycles. The van der Waals surface area contributed by atoms with Crippen molar-refractivity contribution in [2.24, 2.45) is 4.99 Å². The first-order valence-corrected chi connectivity index (χ1v) is 6.98. The molecule has 0 aliphatic rings. The standard InChI is InChI=1S/C15H26N4.HI/c1-4-11-17-15(16-2)18-12-8-13-19(3)14-9-6-5-7-10-14;/h5-7,9-10H,4,8,11-13H2,1-3H3,(H2,16,17,18);1H. The molecule has 5 heteroatoms. The van der Waals surface area contributed by atoms with Crippen molar-refractivity contribution in [2.45, 2.75) is 19.8 Å². The fourth-order valence-electron chi connectivity index (χ4n) is 1.80. The molecular formula is C15H27IN4. The number of rotatable bonds is 7. The number of nitrogens with one attached hydrogen (secondary N) is 2. The summed E-state index contributed by atoms with van der Waals surface area (Å²) in [6.07, 6.45) is 2.19. The fourth-order valence-corrected chi connectivity index (χ4v) is 1.80. The maximum Gasteiger partial charge on any atom is 0.190 e. The summed E-state index contributed by atoms with van der Waals surface area (Å²) in [6, 6.07) is 10.5. The van der Waals surface area contributed by atoms with Crippen LogP contribution in [0, 0.1) is 0 Å². The third-order valence-corrected chi connectivity index (χ3v) is 2.93. The topological polar surface area (TPSA) is 39.7 Å². The van der Waals surface area contributed by atoms with Crippen molar-refractivity contribution in [2.75, 3.05) is 38.6 Å². The smallest absolute Gasteiger partial charge is 0.190 e. The third kappa shape index (κ3) is 7.57. The lowest BCUT2D eigenvalue weighted by Crippen LogP contribution is -2.38. The molecule has 0 bridgehead atoms. The second-order valence-electron chi connectivity index (χ2n) is 4.54. The molecule has 1 rings (SSSR count). The number of benzene rings is 1. The minimum absolute atomic E-state index is 0. The number of para-hydroxylation sites is 1. The molecule has 20 heavy (non-hydrogen) atoms. The number of guanidine groups is 1. The zero-order valence-electron chi connectivity index (χ0n) is 12.7. The summed E-state index contributed by atoms with van der Waals surface area (Å²) in [7, 11) is 3.93. The highest BCUT2D eigenvalue weighted by Gasteiger charge is 2.00. The Kier molecular flexibility index (Phi) is 11.2. The molecule has 1 aromatic rings. The molecule has 0 fully saturated rings. The van der Waals surface area contributed by atoms with Crippen LogP contribution in [0.3, 0.4) is 0 Å². The summed E-state index contributed by atoms with van der Waals surface area (Å²) in [5.41, 5.74) is 1.26. The summed E-state index contributed by atoms with van der Waals surface area (Å²) in [5, 5.41) is 6.59. The number of halogens is 1. The first-order valence-electron chi connectivity index (χ1n) is 6.98. The average molecular weight is 390 g/mol. The van der Waals surface area contributed by atoms with Crippen LogP contribution in [-0.2, 0) is 0 Å². The minimum Gasteiger partial charge on any atom is -0.375 e. The zero-order valence-corrected chi connectivity index (χ0v) is 15.1. The van der Waals surface area contributed by atoms with Gasteiger partial charge >= 0.3 is 0 Å². The molecule has 4 nitrogen and oxygen atoms in total. The van der Waals surface area contributed by atoms with Crippen LogP contribution in [0.15, 0.2) is 35.3 Å². The molecule has 114 valence electrons. The molecule has 0 aromatic heterocycles. The van der Waals surface area contributed by atoms with Gasteiger partial charge in [-0.3, -0.25) is 4.99 Å². The van der Waals surface area contributed by atoms with Crippen LogP contribution in [0.5, 0.6) is 0 Å². The van der Waals surface area contributed by atoms with Gasteiger partial charge in [-0.2, -0.15) is 0 Å². The first-order chi connectivity index (χ1) is 9.27. The number of hydrogen-bond donors (Lipinski definition) is 2. The minimum atomic E-state index is 0. The van der Waals surface area contributed by atoms with E-state index in [4.69, 9.17) is 0 Å². The van der Waals surface area contributed by atoms with E-state index in [0.29, 0.717) is 0 Å². The molecule has 0 spiro atoms. The molecular weight excluding hydrogens is 363 g/mol. The Hall–Kier alpha value is -0.980. The van der Waals surface area contributed by atoms with E-state index in [9.17, 15) is 0 Å². The van der Waals surface area contributed by atoms with Gasteiger partial charge in [-0.05, 0) is 25.0 Å². The summed E-state index contributed by atoms with van der Waals surface area (Å²) in [5.74, 6) is 0.893. The van der Waals surface area contributed by atoms with Gasteiger partial charge in [0.15, 0.2) is 5.96 Å². The van der Waals surface area contributed by atoms with Gasteiger partial charge in [0.1, 0.15) is 0 Å². The predicted octanol–water partition coefficient (Wildman–Crippen LogP) is 2.71. The molecule has 0 heterocycles. The Morgan fingerprint density at radius 2 is 1.80 bits per heavy atom. The van der Waals surface area contributed by atoms with Crippen molar-refractivity contribution in [1.29, 1.82) is 0 Å². The largest absolute Gasteiger partial charge is 0.375 e. The van der Waals surface area contributed by atoms with Gasteiger partial charge in [0, 0.05) is 39.4 Å². The maximum absolute atomic E-state index is 4.18. The van der Waals surface area contributed by atoms with E-state index in [1.807, 2.05) is 6.07 Å². The highest BCUT2D eigenvalue weighted by atomic mass is 127. The van der Waals surface area contributed by atoms with E-state index < -0.39 is 0 Å². The van der Waals surface area contributed by atoms with E-state index >= 15 is 0 Å². The van der Waals surface area contributed by atoms with Crippen LogP contribution >= 0.6 is 24.0 Å². The van der Waals surface area contributed by atoms with Crippen LogP contribution in [0.1, 0.15) is 19.8 Å². The Bertz CT molecular complexity index is 367. The fraction of sp³-hybridized carbons (Fsp3) is 0.533. The van der Waals surface area contributed by atoms with E-state index in [1.165, 1.54) is 5.69 Å². The predicted molar refractivity (Wildman–Crippen MR) is 99.4 cm³/mol. The highest BCUT2D eigenvalue weighted by Crippen LogP contribution is 2.10. The Morgan fingerprint density at radius 1 is 1.15 bits per heavy atom. The van der Waals surface area contributed by atoms with E-state index in [2.05, 4.69) is 58.8 Å². The van der Waals surface area contributed by atoms with Gasteiger partial charge in [-0.15, -0.1) is 24.0 Å². The van der Waals surface area contributed by atoms with Gasteiger partial charge < -0.3 is 15.5 Å². The summed E-state index contributed by atoms with van der Waals surface area (Å²) < 4.78 is 0. The van der Waals surface area contributed by atoms with Crippen molar-refractivity contribution in [3.63, 3.8) is 0 Å². The molecule has 0 aliphatic carbocycles. The Morgan fingerprint density at radius 3 is 2.40 bits per heavy atom. The number of nitrogens with zero attached hydrogens (tertiary/aromatic N) is 2. The highest BCUT2D eigenvalue weighted by molar-refractivity contribution is 14.0. The zero-order chi connectivity index (χ0) is 13.9. The van der Waals surface area contributed by atoms with E-state index in [0.717, 1.165) is 38.4 Å². The quantitative estimate of drug-likeness (QED) is 0.326. The van der Waals surface area contributed by atoms with Gasteiger partial charge in [-0.25, -0.2) is 0 Å². The summed E-state index contributed by atoms with van der Waals surface area (Å²) >= 11 is 0. The van der Waals surface area contributed by atoms with Gasteiger partial charge in [0.25, 0.3) is 0 Å². The molecule has 2 N–H and O–H groups in total. The van der Waals surface area contributed by atoms with Gasteiger partial charge in [0.05, 0.1) is 0 Å². The Labute approximate surface area is 140 Å². The number of anilines is 1. The van der Waals surface area contributed by atoms with Gasteiger partial charge in [0.2, 0.25) is 0 Å². The van der Waals surface area contributed by atoms with Crippen molar-refractivity contribution in [3.05, 3.63) is 30.3 Å². The molecule has 0 unspecified atom stereocenters. The lowest BCUT2D eigenvalue weighted by atomic mass is 10.3. The monoisotopic (exact) mass is 390 g/mol. The summed E-state index contributed by atoms with van der Waals surface area (Å²) in [6.45, 7) is 5.07. The van der Waals surface area contributed by atoms with Crippen molar-refractivity contribution < 1.29 is 0 Å². The molecule has 0 aliphatic heterocycles. The van der Waals surface area contributed by atoms with Crippen LogP contribution in [0.2, 0.25) is 0 Å². The maximum atomic E-state index is 4.18.